The predicted molar refractivity (Wildman–Crippen MR) is 88.0 cm³/mol. The van der Waals surface area contributed by atoms with Crippen molar-refractivity contribution in [2.45, 2.75) is 6.18 Å². The monoisotopic (exact) mass is 377 g/mol. The second-order valence-electron chi connectivity index (χ2n) is 5.04. The van der Waals surface area contributed by atoms with E-state index in [0.29, 0.717) is 5.69 Å². The van der Waals surface area contributed by atoms with Crippen molar-refractivity contribution >= 4 is 40.5 Å². The lowest BCUT2D eigenvalue weighted by Crippen LogP contribution is -2.19. The van der Waals surface area contributed by atoms with Gasteiger partial charge in [0, 0.05) is 19.8 Å². The number of pyridine rings is 1. The van der Waals surface area contributed by atoms with Crippen LogP contribution in [0.1, 0.15) is 16.1 Å². The van der Waals surface area contributed by atoms with Crippen LogP contribution in [0.5, 0.6) is 0 Å². The number of hydrogen-bond acceptors (Lipinski definition) is 3. The van der Waals surface area contributed by atoms with Gasteiger partial charge in [0.25, 0.3) is 5.91 Å². The minimum atomic E-state index is -4.64. The number of nitrogens with one attached hydrogen (secondary N) is 1. The summed E-state index contributed by atoms with van der Waals surface area (Å²) in [4.78, 5) is 17.5. The van der Waals surface area contributed by atoms with Crippen molar-refractivity contribution in [3.05, 3.63) is 51.8 Å². The molecule has 0 spiro atoms. The van der Waals surface area contributed by atoms with Gasteiger partial charge in [0.05, 0.1) is 16.3 Å². The number of rotatable bonds is 3. The van der Waals surface area contributed by atoms with E-state index in [4.69, 9.17) is 23.2 Å². The van der Waals surface area contributed by atoms with Crippen LogP contribution in [-0.4, -0.2) is 25.0 Å². The average molecular weight is 378 g/mol. The zero-order valence-corrected chi connectivity index (χ0v) is 14.1. The second kappa shape index (κ2) is 6.86. The van der Waals surface area contributed by atoms with Crippen LogP contribution in [-0.2, 0) is 6.18 Å². The quantitative estimate of drug-likeness (QED) is 0.786. The van der Waals surface area contributed by atoms with Crippen LogP contribution in [0.3, 0.4) is 0 Å². The van der Waals surface area contributed by atoms with Gasteiger partial charge in [-0.1, -0.05) is 23.2 Å². The third kappa shape index (κ3) is 4.10. The maximum atomic E-state index is 13.3. The van der Waals surface area contributed by atoms with Crippen molar-refractivity contribution in [2.24, 2.45) is 0 Å². The number of nitrogens with zero attached hydrogens (tertiary/aromatic N) is 2. The molecule has 1 heterocycles. The van der Waals surface area contributed by atoms with E-state index in [1.165, 1.54) is 29.2 Å². The average Bonchev–Trinajstić information content (AvgIpc) is 2.48. The Balaban J connectivity index is 2.42. The van der Waals surface area contributed by atoms with Crippen molar-refractivity contribution in [3.8, 4) is 0 Å². The van der Waals surface area contributed by atoms with Gasteiger partial charge in [0.15, 0.2) is 0 Å². The molecule has 0 bridgehead atoms. The van der Waals surface area contributed by atoms with Gasteiger partial charge in [-0.15, -0.1) is 0 Å². The Hall–Kier alpha value is -1.99. The van der Waals surface area contributed by atoms with E-state index in [-0.39, 0.29) is 15.9 Å². The Morgan fingerprint density at radius 3 is 2.42 bits per heavy atom. The summed E-state index contributed by atoms with van der Waals surface area (Å²) in [6.07, 6.45) is -4.64. The zero-order chi connectivity index (χ0) is 18.1. The van der Waals surface area contributed by atoms with Crippen LogP contribution in [0.2, 0.25) is 10.2 Å². The molecular weight excluding hydrogens is 366 g/mol. The first kappa shape index (κ1) is 18.4. The zero-order valence-electron chi connectivity index (χ0n) is 12.6. The lowest BCUT2D eigenvalue weighted by atomic mass is 10.1. The van der Waals surface area contributed by atoms with Crippen LogP contribution in [0.25, 0.3) is 0 Å². The van der Waals surface area contributed by atoms with Gasteiger partial charge in [0.2, 0.25) is 0 Å². The number of anilines is 2. The Labute approximate surface area is 146 Å². The van der Waals surface area contributed by atoms with E-state index < -0.39 is 23.3 Å². The summed E-state index contributed by atoms with van der Waals surface area (Å²) < 4.78 is 39.8. The maximum absolute atomic E-state index is 13.3. The number of halogens is 5. The summed E-state index contributed by atoms with van der Waals surface area (Å²) in [5.41, 5.74) is -1.27. The van der Waals surface area contributed by atoms with Gasteiger partial charge in [-0.25, -0.2) is 4.98 Å². The summed E-state index contributed by atoms with van der Waals surface area (Å²) in [5.74, 6) is -0.884. The fourth-order valence-electron chi connectivity index (χ4n) is 1.91. The number of benzene rings is 1. The van der Waals surface area contributed by atoms with E-state index >= 15 is 0 Å². The summed E-state index contributed by atoms with van der Waals surface area (Å²) in [6.45, 7) is 0. The van der Waals surface area contributed by atoms with E-state index in [9.17, 15) is 18.0 Å². The van der Waals surface area contributed by atoms with Crippen LogP contribution >= 0.6 is 23.2 Å². The fraction of sp³-hybridized carbons (Fsp3) is 0.200. The van der Waals surface area contributed by atoms with Crippen molar-refractivity contribution in [1.29, 1.82) is 0 Å². The molecule has 0 saturated heterocycles. The molecule has 0 fully saturated rings. The summed E-state index contributed by atoms with van der Waals surface area (Å²) in [6, 6.07) is 6.29. The fourth-order valence-corrected chi connectivity index (χ4v) is 2.25. The Morgan fingerprint density at radius 2 is 1.83 bits per heavy atom. The highest BCUT2D eigenvalue weighted by Gasteiger charge is 2.34. The van der Waals surface area contributed by atoms with Crippen LogP contribution in [0, 0.1) is 0 Å². The molecule has 0 radical (unpaired) electrons. The minimum absolute atomic E-state index is 0.00329. The van der Waals surface area contributed by atoms with Crippen molar-refractivity contribution in [1.82, 2.24) is 4.98 Å². The van der Waals surface area contributed by atoms with Crippen LogP contribution < -0.4 is 10.2 Å². The highest BCUT2D eigenvalue weighted by atomic mass is 35.5. The van der Waals surface area contributed by atoms with E-state index in [1.54, 1.807) is 14.1 Å². The SMILES string of the molecule is CN(C)c1ccc(NC(=O)c2nc(Cl)ccc2Cl)c(C(F)(F)F)c1. The number of hydrogen-bond donors (Lipinski definition) is 1. The Bertz CT molecular complexity index is 779. The first-order valence-corrected chi connectivity index (χ1v) is 7.37. The Kier molecular flexibility index (Phi) is 5.25. The highest BCUT2D eigenvalue weighted by molar-refractivity contribution is 6.35. The molecule has 0 unspecified atom stereocenters. The van der Waals surface area contributed by atoms with Crippen molar-refractivity contribution in [3.63, 3.8) is 0 Å². The molecule has 24 heavy (non-hydrogen) atoms. The molecule has 4 nitrogen and oxygen atoms in total. The van der Waals surface area contributed by atoms with E-state index in [0.717, 1.165) is 6.07 Å². The lowest BCUT2D eigenvalue weighted by molar-refractivity contribution is -0.136. The first-order chi connectivity index (χ1) is 11.1. The summed E-state index contributed by atoms with van der Waals surface area (Å²) in [7, 11) is 3.23. The molecule has 2 aromatic rings. The van der Waals surface area contributed by atoms with Crippen molar-refractivity contribution < 1.29 is 18.0 Å². The van der Waals surface area contributed by atoms with Gasteiger partial charge in [-0.3, -0.25) is 4.79 Å². The molecule has 2 rings (SSSR count). The molecule has 0 aliphatic heterocycles. The predicted octanol–water partition coefficient (Wildman–Crippen LogP) is 4.73. The third-order valence-electron chi connectivity index (χ3n) is 3.10. The molecule has 0 aliphatic carbocycles. The smallest absolute Gasteiger partial charge is 0.378 e. The van der Waals surface area contributed by atoms with Gasteiger partial charge in [-0.2, -0.15) is 13.2 Å². The summed E-state index contributed by atoms with van der Waals surface area (Å²) in [5, 5.41) is 2.17. The standard InChI is InChI=1S/C15H12Cl2F3N3O/c1-23(2)8-3-5-11(9(7-8)15(18,19)20)21-14(24)13-10(16)4-6-12(17)22-13/h3-7H,1-2H3,(H,21,24). The molecule has 1 N–H and O–H groups in total. The minimum Gasteiger partial charge on any atom is -0.378 e. The van der Waals surface area contributed by atoms with Gasteiger partial charge >= 0.3 is 6.18 Å². The molecule has 0 atom stereocenters. The molecule has 128 valence electrons. The van der Waals surface area contributed by atoms with Crippen LogP contribution in [0.4, 0.5) is 24.5 Å². The lowest BCUT2D eigenvalue weighted by Gasteiger charge is -2.18. The van der Waals surface area contributed by atoms with Gasteiger partial charge in [-0.05, 0) is 30.3 Å². The molecule has 0 aliphatic rings. The topological polar surface area (TPSA) is 45.2 Å². The number of carbonyl (C=O) groups excluding carboxylic acids is 1. The highest BCUT2D eigenvalue weighted by Crippen LogP contribution is 2.37. The second-order valence-corrected chi connectivity index (χ2v) is 5.84. The molecule has 9 heteroatoms. The number of alkyl halides is 3. The Morgan fingerprint density at radius 1 is 1.17 bits per heavy atom. The molecule has 1 aromatic carbocycles. The largest absolute Gasteiger partial charge is 0.418 e. The molecule has 0 saturated carbocycles. The molecule has 1 amide bonds. The maximum Gasteiger partial charge on any atom is 0.418 e. The van der Waals surface area contributed by atoms with Gasteiger partial charge < -0.3 is 10.2 Å². The van der Waals surface area contributed by atoms with Crippen molar-refractivity contribution in [2.75, 3.05) is 24.3 Å². The normalized spacial score (nSPS) is 11.3. The first-order valence-electron chi connectivity index (χ1n) is 6.61. The molecular formula is C15H12Cl2F3N3O. The molecule has 1 aromatic heterocycles. The summed E-state index contributed by atoms with van der Waals surface area (Å²) >= 11 is 11.5. The van der Waals surface area contributed by atoms with E-state index in [2.05, 4.69) is 10.3 Å². The third-order valence-corrected chi connectivity index (χ3v) is 3.62. The number of amides is 1. The number of aromatic nitrogens is 1. The van der Waals surface area contributed by atoms with Crippen LogP contribution in [0.15, 0.2) is 30.3 Å². The van der Waals surface area contributed by atoms with Gasteiger partial charge in [0.1, 0.15) is 10.8 Å². The number of carbonyl (C=O) groups is 1. The van der Waals surface area contributed by atoms with E-state index in [1.807, 2.05) is 0 Å².